The van der Waals surface area contributed by atoms with Gasteiger partial charge >= 0.3 is 0 Å². The number of aromatic nitrogens is 2. The molecule has 8 nitrogen and oxygen atoms in total. The van der Waals surface area contributed by atoms with Crippen LogP contribution in [0.2, 0.25) is 0 Å². The highest BCUT2D eigenvalue weighted by atomic mass is 16.4. The van der Waals surface area contributed by atoms with Crippen LogP contribution in [0.3, 0.4) is 0 Å². The Balaban J connectivity index is 1.25. The van der Waals surface area contributed by atoms with E-state index >= 15 is 0 Å². The van der Waals surface area contributed by atoms with E-state index in [1.54, 1.807) is 30.5 Å². The second-order valence-electron chi connectivity index (χ2n) is 8.85. The molecule has 3 aromatic rings. The Hall–Kier alpha value is -3.39. The average molecular weight is 434 g/mol. The number of nitrogens with one attached hydrogen (secondary N) is 1. The zero-order valence-corrected chi connectivity index (χ0v) is 18.1. The quantitative estimate of drug-likeness (QED) is 0.642. The summed E-state index contributed by atoms with van der Waals surface area (Å²) in [6.45, 7) is 3.96. The average Bonchev–Trinajstić information content (AvgIpc) is 3.53. The summed E-state index contributed by atoms with van der Waals surface area (Å²) in [5, 5.41) is 2.82. The topological polar surface area (TPSA) is 83.6 Å². The van der Waals surface area contributed by atoms with Gasteiger partial charge in [0.25, 0.3) is 5.91 Å². The van der Waals surface area contributed by atoms with Crippen LogP contribution in [0.25, 0.3) is 0 Å². The van der Waals surface area contributed by atoms with Crippen molar-refractivity contribution in [2.24, 2.45) is 11.3 Å². The Morgan fingerprint density at radius 1 is 1.12 bits per heavy atom. The predicted octanol–water partition coefficient (Wildman–Crippen LogP) is 1.84. The number of benzene rings is 1. The van der Waals surface area contributed by atoms with Gasteiger partial charge in [-0.25, -0.2) is 4.98 Å². The van der Waals surface area contributed by atoms with E-state index in [2.05, 4.69) is 27.3 Å². The van der Waals surface area contributed by atoms with Crippen molar-refractivity contribution in [1.29, 1.82) is 0 Å². The molecule has 166 valence electrons. The second kappa shape index (κ2) is 8.27. The van der Waals surface area contributed by atoms with Crippen LogP contribution in [0.5, 0.6) is 0 Å². The molecule has 0 radical (unpaired) electrons. The Labute approximate surface area is 186 Å². The van der Waals surface area contributed by atoms with Gasteiger partial charge in [0, 0.05) is 57.6 Å². The SMILES string of the molecule is CNC(=O)C1CN(Cc2ccccc2)CC12CN(C(=O)c1ccc(Cn3ccnc3)o1)C2. The van der Waals surface area contributed by atoms with E-state index in [-0.39, 0.29) is 23.1 Å². The number of hydrogen-bond acceptors (Lipinski definition) is 5. The first kappa shape index (κ1) is 20.5. The predicted molar refractivity (Wildman–Crippen MR) is 118 cm³/mol. The highest BCUT2D eigenvalue weighted by Crippen LogP contribution is 2.45. The molecule has 32 heavy (non-hydrogen) atoms. The van der Waals surface area contributed by atoms with Crippen LogP contribution in [-0.4, -0.2) is 64.4 Å². The molecule has 5 rings (SSSR count). The van der Waals surface area contributed by atoms with E-state index < -0.39 is 0 Å². The summed E-state index contributed by atoms with van der Waals surface area (Å²) in [6.07, 6.45) is 5.27. The molecule has 2 fully saturated rings. The molecule has 1 N–H and O–H groups in total. The van der Waals surface area contributed by atoms with Crippen molar-refractivity contribution in [2.45, 2.75) is 13.1 Å². The molecule has 4 heterocycles. The summed E-state index contributed by atoms with van der Waals surface area (Å²) in [5.41, 5.74) is 1.02. The fourth-order valence-corrected chi connectivity index (χ4v) is 5.04. The fourth-order valence-electron chi connectivity index (χ4n) is 5.04. The van der Waals surface area contributed by atoms with Gasteiger partial charge in [-0.15, -0.1) is 0 Å². The molecule has 2 amide bonds. The number of imidazole rings is 1. The Bertz CT molecular complexity index is 1090. The lowest BCUT2D eigenvalue weighted by atomic mass is 9.71. The lowest BCUT2D eigenvalue weighted by Crippen LogP contribution is -2.63. The van der Waals surface area contributed by atoms with Crippen LogP contribution in [-0.2, 0) is 17.9 Å². The van der Waals surface area contributed by atoms with Gasteiger partial charge in [-0.1, -0.05) is 30.3 Å². The lowest BCUT2D eigenvalue weighted by molar-refractivity contribution is -0.130. The first-order chi connectivity index (χ1) is 15.6. The van der Waals surface area contributed by atoms with Gasteiger partial charge in [0.15, 0.2) is 5.76 Å². The second-order valence-corrected chi connectivity index (χ2v) is 8.85. The van der Waals surface area contributed by atoms with Crippen molar-refractivity contribution in [1.82, 2.24) is 24.7 Å². The highest BCUT2D eigenvalue weighted by Gasteiger charge is 2.57. The summed E-state index contributed by atoms with van der Waals surface area (Å²) < 4.78 is 7.68. The van der Waals surface area contributed by atoms with Crippen LogP contribution in [0.15, 0.2) is 65.6 Å². The Morgan fingerprint density at radius 2 is 1.94 bits per heavy atom. The van der Waals surface area contributed by atoms with Crippen LogP contribution in [0.1, 0.15) is 21.9 Å². The monoisotopic (exact) mass is 433 g/mol. The van der Waals surface area contributed by atoms with Crippen molar-refractivity contribution >= 4 is 11.8 Å². The van der Waals surface area contributed by atoms with E-state index in [1.165, 1.54) is 5.56 Å². The van der Waals surface area contributed by atoms with Gasteiger partial charge in [0.1, 0.15) is 5.76 Å². The summed E-state index contributed by atoms with van der Waals surface area (Å²) >= 11 is 0. The first-order valence-corrected chi connectivity index (χ1v) is 10.9. The van der Waals surface area contributed by atoms with Crippen LogP contribution < -0.4 is 5.32 Å². The summed E-state index contributed by atoms with van der Waals surface area (Å²) in [6, 6.07) is 13.8. The molecular weight excluding hydrogens is 406 g/mol. The molecule has 1 aromatic carbocycles. The summed E-state index contributed by atoms with van der Waals surface area (Å²) in [5.74, 6) is 0.844. The highest BCUT2D eigenvalue weighted by molar-refractivity contribution is 5.92. The number of amides is 2. The third-order valence-corrected chi connectivity index (χ3v) is 6.60. The molecule has 1 spiro atoms. The molecule has 1 unspecified atom stereocenters. The Kier molecular flexibility index (Phi) is 5.30. The fraction of sp³-hybridized carbons (Fsp3) is 0.375. The van der Waals surface area contributed by atoms with E-state index in [4.69, 9.17) is 4.42 Å². The molecule has 2 aliphatic heterocycles. The number of rotatable bonds is 6. The molecule has 0 bridgehead atoms. The van der Waals surface area contributed by atoms with E-state index in [0.717, 1.165) is 13.1 Å². The molecule has 0 saturated carbocycles. The van der Waals surface area contributed by atoms with Gasteiger partial charge in [0.05, 0.1) is 18.8 Å². The van der Waals surface area contributed by atoms with Crippen molar-refractivity contribution in [3.05, 3.63) is 78.3 Å². The molecule has 2 saturated heterocycles. The third-order valence-electron chi connectivity index (χ3n) is 6.60. The third kappa shape index (κ3) is 3.82. The smallest absolute Gasteiger partial charge is 0.289 e. The van der Waals surface area contributed by atoms with Crippen LogP contribution in [0.4, 0.5) is 0 Å². The summed E-state index contributed by atoms with van der Waals surface area (Å²) in [4.78, 5) is 33.8. The van der Waals surface area contributed by atoms with Gasteiger partial charge in [-0.2, -0.15) is 0 Å². The normalized spacial score (nSPS) is 19.8. The van der Waals surface area contributed by atoms with E-state index in [1.807, 2.05) is 35.0 Å². The van der Waals surface area contributed by atoms with Crippen molar-refractivity contribution in [3.63, 3.8) is 0 Å². The molecule has 2 aliphatic rings. The maximum Gasteiger partial charge on any atom is 0.289 e. The molecular formula is C24H27N5O3. The standard InChI is InChI=1S/C24H27N5O3/c1-25-22(30)20-13-28(11-18-5-3-2-4-6-18)14-24(20)15-29(16-24)23(31)21-8-7-19(32-21)12-27-10-9-26-17-27/h2-10,17,20H,11-16H2,1H3,(H,25,30). The largest absolute Gasteiger partial charge is 0.454 e. The zero-order valence-electron chi connectivity index (χ0n) is 18.1. The molecule has 8 heteroatoms. The number of hydrogen-bond donors (Lipinski definition) is 1. The number of carbonyl (C=O) groups is 2. The lowest BCUT2D eigenvalue weighted by Gasteiger charge is -2.50. The van der Waals surface area contributed by atoms with Crippen molar-refractivity contribution in [3.8, 4) is 0 Å². The minimum absolute atomic E-state index is 0.0493. The number of carbonyl (C=O) groups excluding carboxylic acids is 2. The van der Waals surface area contributed by atoms with Gasteiger partial charge in [-0.3, -0.25) is 14.5 Å². The van der Waals surface area contributed by atoms with Gasteiger partial charge in [-0.05, 0) is 17.7 Å². The number of furan rings is 1. The van der Waals surface area contributed by atoms with E-state index in [0.29, 0.717) is 37.7 Å². The van der Waals surface area contributed by atoms with Crippen LogP contribution >= 0.6 is 0 Å². The van der Waals surface area contributed by atoms with Crippen LogP contribution in [0, 0.1) is 11.3 Å². The zero-order chi connectivity index (χ0) is 22.1. The number of nitrogens with zero attached hydrogens (tertiary/aromatic N) is 4. The minimum atomic E-state index is -0.212. The van der Waals surface area contributed by atoms with E-state index in [9.17, 15) is 9.59 Å². The molecule has 0 aliphatic carbocycles. The number of likely N-dealkylation sites (tertiary alicyclic amines) is 2. The Morgan fingerprint density at radius 3 is 2.66 bits per heavy atom. The first-order valence-electron chi connectivity index (χ1n) is 10.9. The minimum Gasteiger partial charge on any atom is -0.454 e. The molecule has 2 aromatic heterocycles. The summed E-state index contributed by atoms with van der Waals surface area (Å²) in [7, 11) is 1.68. The van der Waals surface area contributed by atoms with Crippen molar-refractivity contribution < 1.29 is 14.0 Å². The molecule has 1 atom stereocenters. The van der Waals surface area contributed by atoms with Crippen molar-refractivity contribution in [2.75, 3.05) is 33.2 Å². The van der Waals surface area contributed by atoms with Gasteiger partial charge < -0.3 is 19.2 Å². The van der Waals surface area contributed by atoms with Gasteiger partial charge in [0.2, 0.25) is 5.91 Å². The maximum absolute atomic E-state index is 13.0. The maximum atomic E-state index is 13.0.